The van der Waals surface area contributed by atoms with E-state index >= 15 is 0 Å². The fourth-order valence-electron chi connectivity index (χ4n) is 1.25. The van der Waals surface area contributed by atoms with Crippen molar-refractivity contribution < 1.29 is 9.90 Å². The molecule has 0 aliphatic carbocycles. The number of carbonyl (C=O) groups excluding carboxylic acids is 1. The second kappa shape index (κ2) is 6.58. The lowest BCUT2D eigenvalue weighted by molar-refractivity contribution is -0.120. The predicted molar refractivity (Wildman–Crippen MR) is 61.9 cm³/mol. The monoisotopic (exact) mass is 227 g/mol. The molecule has 0 spiro atoms. The fourth-order valence-corrected chi connectivity index (χ4v) is 1.92. The van der Waals surface area contributed by atoms with Crippen LogP contribution in [0.5, 0.6) is 0 Å². The van der Waals surface area contributed by atoms with Crippen LogP contribution in [0.2, 0.25) is 0 Å². The summed E-state index contributed by atoms with van der Waals surface area (Å²) in [6.45, 7) is 2.84. The normalized spacial score (nSPS) is 12.4. The van der Waals surface area contributed by atoms with Gasteiger partial charge in [0.15, 0.2) is 0 Å². The molecule has 3 nitrogen and oxygen atoms in total. The number of aliphatic hydroxyl groups is 1. The molecular formula is C11H17NO2S. The molecule has 1 aromatic rings. The lowest BCUT2D eigenvalue weighted by Gasteiger charge is -2.10. The van der Waals surface area contributed by atoms with Gasteiger partial charge in [0.05, 0.1) is 6.42 Å². The standard InChI is InChI=1S/C11H17NO2S/c1-9(2-4-13)7-12-11(14)6-10-3-5-15-8-10/h3,5,8-9,13H,2,4,6-7H2,1H3,(H,12,14). The molecule has 1 unspecified atom stereocenters. The van der Waals surface area contributed by atoms with E-state index in [1.165, 1.54) is 0 Å². The van der Waals surface area contributed by atoms with E-state index in [-0.39, 0.29) is 12.5 Å². The van der Waals surface area contributed by atoms with Crippen molar-refractivity contribution in [2.24, 2.45) is 5.92 Å². The van der Waals surface area contributed by atoms with Crippen LogP contribution in [0.1, 0.15) is 18.9 Å². The first-order valence-corrected chi connectivity index (χ1v) is 6.05. The van der Waals surface area contributed by atoms with Crippen LogP contribution in [0.25, 0.3) is 0 Å². The first-order valence-electron chi connectivity index (χ1n) is 5.11. The number of thiophene rings is 1. The summed E-state index contributed by atoms with van der Waals surface area (Å²) in [4.78, 5) is 11.5. The third kappa shape index (κ3) is 4.95. The van der Waals surface area contributed by atoms with Crippen LogP contribution >= 0.6 is 11.3 Å². The maximum absolute atomic E-state index is 11.5. The second-order valence-electron chi connectivity index (χ2n) is 3.73. The van der Waals surface area contributed by atoms with Crippen LogP contribution in [0.3, 0.4) is 0 Å². The van der Waals surface area contributed by atoms with Gasteiger partial charge in [0.25, 0.3) is 0 Å². The number of hydrogen-bond acceptors (Lipinski definition) is 3. The summed E-state index contributed by atoms with van der Waals surface area (Å²) in [5.74, 6) is 0.389. The molecule has 1 rings (SSSR count). The van der Waals surface area contributed by atoms with Crippen LogP contribution in [0.15, 0.2) is 16.8 Å². The average molecular weight is 227 g/mol. The Bertz CT molecular complexity index is 285. The van der Waals surface area contributed by atoms with E-state index in [2.05, 4.69) is 5.32 Å². The molecule has 0 saturated heterocycles. The quantitative estimate of drug-likeness (QED) is 0.772. The van der Waals surface area contributed by atoms with Crippen molar-refractivity contribution in [2.75, 3.05) is 13.2 Å². The van der Waals surface area contributed by atoms with E-state index in [1.54, 1.807) is 11.3 Å². The van der Waals surface area contributed by atoms with E-state index in [0.717, 1.165) is 12.0 Å². The zero-order valence-electron chi connectivity index (χ0n) is 8.90. The topological polar surface area (TPSA) is 49.3 Å². The van der Waals surface area contributed by atoms with Gasteiger partial charge in [0.1, 0.15) is 0 Å². The van der Waals surface area contributed by atoms with Crippen LogP contribution in [-0.4, -0.2) is 24.2 Å². The van der Waals surface area contributed by atoms with Crippen LogP contribution in [0.4, 0.5) is 0 Å². The Morgan fingerprint density at radius 2 is 2.47 bits per heavy atom. The summed E-state index contributed by atoms with van der Waals surface area (Å²) in [5, 5.41) is 15.5. The second-order valence-corrected chi connectivity index (χ2v) is 4.51. The van der Waals surface area contributed by atoms with Gasteiger partial charge in [0, 0.05) is 13.2 Å². The maximum atomic E-state index is 11.5. The van der Waals surface area contributed by atoms with Gasteiger partial charge in [-0.25, -0.2) is 0 Å². The highest BCUT2D eigenvalue weighted by molar-refractivity contribution is 7.07. The van der Waals surface area contributed by atoms with Crippen molar-refractivity contribution in [3.63, 3.8) is 0 Å². The molecule has 0 aromatic carbocycles. The Morgan fingerprint density at radius 3 is 3.07 bits per heavy atom. The van der Waals surface area contributed by atoms with Gasteiger partial charge >= 0.3 is 0 Å². The fraction of sp³-hybridized carbons (Fsp3) is 0.545. The summed E-state index contributed by atoms with van der Waals surface area (Å²) in [5.41, 5.74) is 1.06. The number of nitrogens with one attached hydrogen (secondary N) is 1. The Balaban J connectivity index is 2.19. The zero-order valence-corrected chi connectivity index (χ0v) is 9.72. The largest absolute Gasteiger partial charge is 0.396 e. The molecule has 84 valence electrons. The molecule has 0 aliphatic heterocycles. The van der Waals surface area contributed by atoms with Gasteiger partial charge in [-0.05, 0) is 34.7 Å². The van der Waals surface area contributed by atoms with Crippen LogP contribution in [-0.2, 0) is 11.2 Å². The number of amides is 1. The molecular weight excluding hydrogens is 210 g/mol. The maximum Gasteiger partial charge on any atom is 0.224 e. The van der Waals surface area contributed by atoms with Crippen LogP contribution < -0.4 is 5.32 Å². The number of rotatable bonds is 6. The van der Waals surface area contributed by atoms with Crippen molar-refractivity contribution in [1.82, 2.24) is 5.32 Å². The van der Waals surface area contributed by atoms with Gasteiger partial charge < -0.3 is 10.4 Å². The molecule has 4 heteroatoms. The van der Waals surface area contributed by atoms with Gasteiger partial charge in [-0.3, -0.25) is 4.79 Å². The van der Waals surface area contributed by atoms with Gasteiger partial charge in [0.2, 0.25) is 5.91 Å². The molecule has 0 saturated carbocycles. The van der Waals surface area contributed by atoms with Crippen LogP contribution in [0, 0.1) is 5.92 Å². The summed E-state index contributed by atoms with van der Waals surface area (Å²) in [7, 11) is 0. The predicted octanol–water partition coefficient (Wildman–Crippen LogP) is 1.43. The zero-order chi connectivity index (χ0) is 11.1. The van der Waals surface area contributed by atoms with E-state index in [4.69, 9.17) is 5.11 Å². The number of hydrogen-bond donors (Lipinski definition) is 2. The summed E-state index contributed by atoms with van der Waals surface area (Å²) >= 11 is 1.60. The Labute approximate surface area is 94.1 Å². The van der Waals surface area contributed by atoms with Crippen molar-refractivity contribution in [3.05, 3.63) is 22.4 Å². The average Bonchev–Trinajstić information content (AvgIpc) is 2.68. The molecule has 0 bridgehead atoms. The molecule has 1 aromatic heterocycles. The third-order valence-electron chi connectivity index (χ3n) is 2.21. The minimum Gasteiger partial charge on any atom is -0.396 e. The highest BCUT2D eigenvalue weighted by Gasteiger charge is 2.06. The first-order chi connectivity index (χ1) is 7.22. The van der Waals surface area contributed by atoms with Crippen molar-refractivity contribution in [3.8, 4) is 0 Å². The lowest BCUT2D eigenvalue weighted by atomic mass is 10.1. The Morgan fingerprint density at radius 1 is 1.67 bits per heavy atom. The Hall–Kier alpha value is -0.870. The van der Waals surface area contributed by atoms with E-state index < -0.39 is 0 Å². The minimum absolute atomic E-state index is 0.0539. The van der Waals surface area contributed by atoms with E-state index in [9.17, 15) is 4.79 Å². The molecule has 2 N–H and O–H groups in total. The first kappa shape index (κ1) is 12.2. The van der Waals surface area contributed by atoms with Gasteiger partial charge in [-0.15, -0.1) is 0 Å². The highest BCUT2D eigenvalue weighted by Crippen LogP contribution is 2.06. The lowest BCUT2D eigenvalue weighted by Crippen LogP contribution is -2.29. The summed E-state index contributed by atoms with van der Waals surface area (Å²) in [6, 6.07) is 1.96. The molecule has 0 fully saturated rings. The van der Waals surface area contributed by atoms with E-state index in [1.807, 2.05) is 23.8 Å². The van der Waals surface area contributed by atoms with Gasteiger partial charge in [-0.1, -0.05) is 6.92 Å². The SMILES string of the molecule is CC(CCO)CNC(=O)Cc1ccsc1. The van der Waals surface area contributed by atoms with Crippen molar-refractivity contribution in [1.29, 1.82) is 0 Å². The molecule has 1 heterocycles. The van der Waals surface area contributed by atoms with Gasteiger partial charge in [-0.2, -0.15) is 11.3 Å². The third-order valence-corrected chi connectivity index (χ3v) is 2.95. The molecule has 15 heavy (non-hydrogen) atoms. The number of aliphatic hydroxyl groups excluding tert-OH is 1. The van der Waals surface area contributed by atoms with Crippen molar-refractivity contribution in [2.45, 2.75) is 19.8 Å². The Kier molecular flexibility index (Phi) is 5.36. The van der Waals surface area contributed by atoms with E-state index in [0.29, 0.717) is 18.9 Å². The molecule has 0 radical (unpaired) electrons. The molecule has 1 amide bonds. The highest BCUT2D eigenvalue weighted by atomic mass is 32.1. The number of carbonyl (C=O) groups is 1. The minimum atomic E-state index is 0.0539. The summed E-state index contributed by atoms with van der Waals surface area (Å²) < 4.78 is 0. The molecule has 0 aliphatic rings. The molecule has 1 atom stereocenters. The van der Waals surface area contributed by atoms with Crippen molar-refractivity contribution >= 4 is 17.2 Å². The smallest absolute Gasteiger partial charge is 0.224 e. The summed E-state index contributed by atoms with van der Waals surface area (Å²) in [6.07, 6.45) is 1.19.